The molecule has 1 atom stereocenters. The first kappa shape index (κ1) is 105. The van der Waals surface area contributed by atoms with Crippen LogP contribution in [-0.2, 0) is 128 Å². The monoisotopic (exact) mass is 2110 g/mol. The van der Waals surface area contributed by atoms with Crippen molar-refractivity contribution < 1.29 is 30.4 Å². The predicted molar refractivity (Wildman–Crippen MR) is 576 cm³/mol. The molecular weight excluding hydrogens is 2000 g/mol. The third kappa shape index (κ3) is 30.6. The van der Waals surface area contributed by atoms with Crippen molar-refractivity contribution in [3.8, 4) is 0 Å². The highest BCUT2D eigenvalue weighted by Crippen LogP contribution is 2.34. The summed E-state index contributed by atoms with van der Waals surface area (Å²) in [5, 5.41) is 41.3. The second-order valence-electron chi connectivity index (χ2n) is 34.8. The molecule has 148 heavy (non-hydrogen) atoms. The van der Waals surface area contributed by atoms with Crippen molar-refractivity contribution in [2.75, 3.05) is 0 Å². The summed E-state index contributed by atoms with van der Waals surface area (Å²) in [7, 11) is -3.72. The number of fused-ring (bicyclic) bond motifs is 1. The fourth-order valence-corrected chi connectivity index (χ4v) is 22.3. The highest BCUT2D eigenvalue weighted by atomic mass is 35.5. The number of para-hydroxylation sites is 1. The van der Waals surface area contributed by atoms with Crippen molar-refractivity contribution in [1.29, 1.82) is 0 Å². The highest BCUT2D eigenvalue weighted by molar-refractivity contribution is 7.99. The van der Waals surface area contributed by atoms with Crippen LogP contribution in [0.25, 0.3) is 10.9 Å². The van der Waals surface area contributed by atoms with Crippen LogP contribution in [-0.4, -0.2) is 133 Å². The Labute approximate surface area is 880 Å². The molecule has 27 nitrogen and oxygen atoms in total. The largest absolute Gasteiger partial charge is 0.772 e. The summed E-state index contributed by atoms with van der Waals surface area (Å²) in [6.07, 6.45) is 31.6. The molecule has 0 saturated carbocycles. The minimum Gasteiger partial charge on any atom is -0.772 e. The number of hydrogen-bond acceptors (Lipinski definition) is 22. The zero-order valence-electron chi connectivity index (χ0n) is 80.9. The van der Waals surface area contributed by atoms with E-state index in [0.717, 1.165) is 222 Å². The van der Waals surface area contributed by atoms with Gasteiger partial charge in [0.1, 0.15) is 46.6 Å². The zero-order chi connectivity index (χ0) is 102. The number of nitrogens with zero attached hydrogens (tertiary/aromatic N) is 19. The number of aromatic amines is 4. The van der Waals surface area contributed by atoms with Crippen molar-refractivity contribution in [3.63, 3.8) is 0 Å². The molecule has 21 rings (SSSR count). The summed E-state index contributed by atoms with van der Waals surface area (Å²) in [6, 6.07) is 80.9. The molecule has 0 saturated heterocycles. The van der Waals surface area contributed by atoms with Crippen LogP contribution in [0.5, 0.6) is 0 Å². The molecule has 19 aromatic rings. The number of thioether (sulfide) groups is 3. The van der Waals surface area contributed by atoms with Gasteiger partial charge in [-0.1, -0.05) is 264 Å². The molecule has 11 heterocycles. The minimum atomic E-state index is -3.72. The average molecular weight is 2110 g/mol. The smallest absolute Gasteiger partial charge is 0.223 e. The normalized spacial score (nSPS) is 12.3. The second kappa shape index (κ2) is 53.2. The Morgan fingerprint density at radius 1 is 0.405 bits per heavy atom. The first-order valence-electron chi connectivity index (χ1n) is 48.2. The van der Waals surface area contributed by atoms with Gasteiger partial charge in [0.05, 0.1) is 30.1 Å². The maximum atomic E-state index is 13.6. The third-order valence-electron chi connectivity index (χ3n) is 24.1. The van der Waals surface area contributed by atoms with Gasteiger partial charge in [-0.05, 0) is 154 Å². The van der Waals surface area contributed by atoms with Crippen molar-refractivity contribution in [3.05, 3.63) is 459 Å². The van der Waals surface area contributed by atoms with Gasteiger partial charge in [-0.3, -0.25) is 14.2 Å². The standard InChI is InChI=1S/C24H24FN3O2S.C23H20ClN5S.C22H23N5O2S2.2C21H20FN5S/c1-18-6-12-22(13-7-18)31(29,30)24-17-27-23(16-19-8-10-20(25)11-9-19)28(24)15-3-5-21-4-2-14-26-21;24-17-5-3-7-19(14-17)30-23-28-27-22(29(23)12-10-18-6-4-11-25-18)13-16-15-26-21-9-2-1-8-20(16)21;28-31(29)15-19-8-6-17(7-9-19)12-21-25-26-22(30-14-18-4-2-1-3-5-18)27(21)11-10-20-13-23-16-24-20;22-18-8-4-7-17(11-18)12-20-25-26-21(28-14-16-5-2-1-3-6-16)27(20)10-9-19-13-23-15-24-19;22-18-8-6-16(7-9-18)12-20-25-26-21(28-14-17-4-2-1-3-5-17)27(20)11-10-19-13-23-15-24-19/h4,6-14,17H,2-3,5,15-16H2,1H3;1-3,5-9,11,14-15,26H,4,10,12-13H2;1-9,13,16H,10-12,14-15H2,(H,23,24)(H,28,29);1-8,11,13,15H,9-10,12,14H2,(H,23,24);1-9,13,15H,10-12,14H2,(H,23,24)/p-1. The fourth-order valence-electron chi connectivity index (χ4n) is 16.4. The lowest BCUT2D eigenvalue weighted by molar-refractivity contribution is 0.536. The summed E-state index contributed by atoms with van der Waals surface area (Å²) in [5.74, 6) is 5.92. The number of benzene rings is 10. The molecular formula is C111H106ClF3N23O4S6-. The number of halogens is 4. The number of aromatic nitrogens is 21. The van der Waals surface area contributed by atoms with Gasteiger partial charge in [-0.25, -0.2) is 41.5 Å². The van der Waals surface area contributed by atoms with Crippen LogP contribution in [0.1, 0.15) is 134 Å². The van der Waals surface area contributed by atoms with Gasteiger partial charge in [0.15, 0.2) is 25.7 Å². The number of aliphatic imine (C=N–C) groups is 2. The van der Waals surface area contributed by atoms with Crippen LogP contribution in [0.4, 0.5) is 13.2 Å². The number of nitrogens with one attached hydrogen (secondary N) is 4. The Bertz CT molecular complexity index is 7720. The first-order valence-corrected chi connectivity index (χ1v) is 55.0. The molecule has 37 heteroatoms. The van der Waals surface area contributed by atoms with Crippen molar-refractivity contribution in [1.82, 2.24) is 103 Å². The lowest BCUT2D eigenvalue weighted by Crippen LogP contribution is -2.13. The van der Waals surface area contributed by atoms with E-state index in [-0.39, 0.29) is 33.1 Å². The quantitative estimate of drug-likeness (QED) is 0.0204. The number of aryl methyl sites for hydroxylation is 4. The molecule has 0 fully saturated rings. The highest BCUT2D eigenvalue weighted by Gasteiger charge is 2.27. The van der Waals surface area contributed by atoms with E-state index in [2.05, 4.69) is 182 Å². The first-order chi connectivity index (χ1) is 72.4. The molecule has 9 aromatic heterocycles. The van der Waals surface area contributed by atoms with E-state index in [4.69, 9.17) is 11.6 Å². The van der Waals surface area contributed by atoms with Crippen LogP contribution in [0.3, 0.4) is 0 Å². The Hall–Kier alpha value is -14.5. The minimum absolute atomic E-state index is 0.0287. The van der Waals surface area contributed by atoms with Gasteiger partial charge >= 0.3 is 0 Å². The number of allylic oxidation sites excluding steroid dienone is 4. The fraction of sp³-hybridized carbons (Fsp3) is 0.207. The molecule has 0 radical (unpaired) electrons. The van der Waals surface area contributed by atoms with Crippen LogP contribution in [0, 0.1) is 24.4 Å². The number of sulfone groups is 1. The van der Waals surface area contributed by atoms with Crippen LogP contribution < -0.4 is 0 Å². The SMILES string of the molecule is Cc1ccc(S(=O)(=O)c2cnc(Cc3ccc(F)cc3)n2CCCC2=CCC=N2)cc1.Clc1cccc(Sc2nnc(Cc3c[nH]c4ccccc34)n2CCC2=CCC=N2)c1.Fc1ccc(Cc2nnc(SCc3ccccc3)n2CCc2cnc[nH]2)cc1.Fc1cccc(Cc2nnc(SCc3ccccc3)n2CCc2cnc[nH]2)c1.O=S([O-])Cc1ccc(Cc2nnc(SCc3ccccc3)n2CCc2cnc[nH]2)cc1. The molecule has 0 aliphatic carbocycles. The maximum absolute atomic E-state index is 13.6. The number of hydrogen-bond donors (Lipinski definition) is 4. The van der Waals surface area contributed by atoms with Crippen molar-refractivity contribution in [2.24, 2.45) is 9.98 Å². The Morgan fingerprint density at radius 3 is 1.32 bits per heavy atom. The molecule has 0 amide bonds. The molecule has 0 spiro atoms. The molecule has 10 aromatic carbocycles. The molecule has 0 bridgehead atoms. The zero-order valence-corrected chi connectivity index (χ0v) is 86.6. The molecule has 1 unspecified atom stereocenters. The van der Waals surface area contributed by atoms with Gasteiger partial charge < -0.3 is 47.3 Å². The van der Waals surface area contributed by atoms with Gasteiger partial charge in [-0.2, -0.15) is 0 Å². The second-order valence-corrected chi connectivity index (χ2v) is 41.9. The average Bonchev–Trinajstić information content (AvgIpc) is 1.63. The van der Waals surface area contributed by atoms with E-state index in [1.165, 1.54) is 64.2 Å². The van der Waals surface area contributed by atoms with E-state index in [9.17, 15) is 30.4 Å². The molecule has 2 aliphatic rings. The molecule has 2 aliphatic heterocycles. The molecule has 4 N–H and O–H groups in total. The van der Waals surface area contributed by atoms with Gasteiger partial charge in [-0.15, -0.1) is 40.8 Å². The summed E-state index contributed by atoms with van der Waals surface area (Å²) >= 11 is 10.7. The number of H-pyrrole nitrogens is 4. The summed E-state index contributed by atoms with van der Waals surface area (Å²) in [4.78, 5) is 39.6. The lowest BCUT2D eigenvalue weighted by Gasteiger charge is -2.13. The summed E-state index contributed by atoms with van der Waals surface area (Å²) in [5.41, 5.74) is 17.0. The van der Waals surface area contributed by atoms with Crippen molar-refractivity contribution >= 4 is 103 Å². The maximum Gasteiger partial charge on any atom is 0.223 e. The van der Waals surface area contributed by atoms with E-state index < -0.39 is 20.9 Å². The van der Waals surface area contributed by atoms with Crippen molar-refractivity contribution in [2.45, 2.75) is 182 Å². The predicted octanol–water partition coefficient (Wildman–Crippen LogP) is 22.8. The van der Waals surface area contributed by atoms with Gasteiger partial charge in [0.2, 0.25) is 9.84 Å². The number of imidazole rings is 4. The van der Waals surface area contributed by atoms with E-state index in [1.54, 1.807) is 131 Å². The van der Waals surface area contributed by atoms with E-state index in [1.807, 2.05) is 153 Å². The van der Waals surface area contributed by atoms with Crippen LogP contribution in [0.2, 0.25) is 5.02 Å². The lowest BCUT2D eigenvalue weighted by atomic mass is 10.1. The van der Waals surface area contributed by atoms with E-state index in [0.29, 0.717) is 38.1 Å². The van der Waals surface area contributed by atoms with Gasteiger partial charge in [0, 0.05) is 213 Å². The topological polar surface area (TPSA) is 341 Å². The van der Waals surface area contributed by atoms with E-state index >= 15 is 0 Å². The van der Waals surface area contributed by atoms with Crippen LogP contribution in [0.15, 0.2) is 380 Å². The third-order valence-corrected chi connectivity index (χ3v) is 30.8. The Kier molecular flexibility index (Phi) is 37.7. The Balaban J connectivity index is 0.000000126. The summed E-state index contributed by atoms with van der Waals surface area (Å²) < 4.78 is 99.0. The number of rotatable bonds is 41. The van der Waals surface area contributed by atoms with Gasteiger partial charge in [0.25, 0.3) is 0 Å². The van der Waals surface area contributed by atoms with Crippen LogP contribution >= 0.6 is 58.6 Å². The molecule has 754 valence electrons. The summed E-state index contributed by atoms with van der Waals surface area (Å²) in [6.45, 7) is 5.44. The Morgan fingerprint density at radius 2 is 0.845 bits per heavy atom.